The minimum atomic E-state index is -0.253. The smallest absolute Gasteiger partial charge is 0.221 e. The molecule has 0 spiro atoms. The molecule has 0 saturated heterocycles. The number of hydrogen-bond donors (Lipinski definition) is 2. The highest BCUT2D eigenvalue weighted by Gasteiger charge is 2.10. The third-order valence-corrected chi connectivity index (χ3v) is 3.61. The van der Waals surface area contributed by atoms with Gasteiger partial charge in [0.05, 0.1) is 5.69 Å². The molecule has 1 unspecified atom stereocenters. The van der Waals surface area contributed by atoms with Gasteiger partial charge in [-0.15, -0.1) is 12.4 Å². The van der Waals surface area contributed by atoms with Crippen molar-refractivity contribution in [2.45, 2.75) is 39.3 Å². The Morgan fingerprint density at radius 2 is 2.00 bits per heavy atom. The first kappa shape index (κ1) is 19.2. The molecule has 0 aliphatic carbocycles. The van der Waals surface area contributed by atoms with Crippen molar-refractivity contribution >= 4 is 18.3 Å². The summed E-state index contributed by atoms with van der Waals surface area (Å²) in [5.41, 5.74) is 9.20. The van der Waals surface area contributed by atoms with Crippen molar-refractivity contribution in [3.05, 3.63) is 53.3 Å². The van der Waals surface area contributed by atoms with Crippen molar-refractivity contribution in [2.24, 2.45) is 5.73 Å². The molecule has 0 bridgehead atoms. The molecule has 0 saturated carbocycles. The lowest BCUT2D eigenvalue weighted by Crippen LogP contribution is -2.28. The van der Waals surface area contributed by atoms with Crippen LogP contribution in [0.4, 0.5) is 0 Å². The first-order valence-corrected chi connectivity index (χ1v) is 7.64. The van der Waals surface area contributed by atoms with E-state index < -0.39 is 0 Å². The first-order valence-electron chi connectivity index (χ1n) is 7.64. The fourth-order valence-corrected chi connectivity index (χ4v) is 2.45. The number of nitrogens with one attached hydrogen (secondary N) is 1. The zero-order valence-electron chi connectivity index (χ0n) is 13.7. The van der Waals surface area contributed by atoms with Gasteiger partial charge in [-0.05, 0) is 31.9 Å². The van der Waals surface area contributed by atoms with Crippen molar-refractivity contribution in [1.29, 1.82) is 0 Å². The monoisotopic (exact) mass is 336 g/mol. The van der Waals surface area contributed by atoms with E-state index in [9.17, 15) is 4.79 Å². The van der Waals surface area contributed by atoms with Gasteiger partial charge >= 0.3 is 0 Å². The van der Waals surface area contributed by atoms with Crippen molar-refractivity contribution in [3.8, 4) is 0 Å². The quantitative estimate of drug-likeness (QED) is 0.763. The number of halogens is 1. The van der Waals surface area contributed by atoms with Gasteiger partial charge in [-0.2, -0.15) is 5.10 Å². The van der Waals surface area contributed by atoms with Gasteiger partial charge in [0.25, 0.3) is 0 Å². The highest BCUT2D eigenvalue weighted by Crippen LogP contribution is 2.12. The van der Waals surface area contributed by atoms with Gasteiger partial charge in [0, 0.05) is 31.2 Å². The van der Waals surface area contributed by atoms with Crippen LogP contribution in [0.1, 0.15) is 35.8 Å². The van der Waals surface area contributed by atoms with E-state index in [1.807, 2.05) is 48.9 Å². The summed E-state index contributed by atoms with van der Waals surface area (Å²) >= 11 is 0. The van der Waals surface area contributed by atoms with Crippen molar-refractivity contribution in [3.63, 3.8) is 0 Å². The van der Waals surface area contributed by atoms with Gasteiger partial charge in [-0.1, -0.05) is 30.3 Å². The summed E-state index contributed by atoms with van der Waals surface area (Å²) in [6, 6.07) is 11.5. The lowest BCUT2D eigenvalue weighted by atomic mass is 10.0. The lowest BCUT2D eigenvalue weighted by Gasteiger charge is -2.12. The fourth-order valence-electron chi connectivity index (χ4n) is 2.45. The van der Waals surface area contributed by atoms with Gasteiger partial charge in [0.15, 0.2) is 0 Å². The Hall–Kier alpha value is -1.85. The Labute approximate surface area is 143 Å². The molecule has 0 aliphatic rings. The molecule has 23 heavy (non-hydrogen) atoms. The Bertz CT molecular complexity index is 612. The summed E-state index contributed by atoms with van der Waals surface area (Å²) in [6.07, 6.45) is 1.16. The van der Waals surface area contributed by atoms with E-state index >= 15 is 0 Å². The molecule has 6 heteroatoms. The Morgan fingerprint density at radius 1 is 1.30 bits per heavy atom. The molecule has 1 aromatic heterocycles. The first-order chi connectivity index (χ1) is 10.6. The Balaban J connectivity index is 0.00000264. The number of nitrogens with zero attached hydrogens (tertiary/aromatic N) is 2. The molecule has 0 fully saturated rings. The van der Waals surface area contributed by atoms with Crippen LogP contribution in [0.2, 0.25) is 0 Å². The second kappa shape index (κ2) is 9.33. The number of hydrogen-bond acceptors (Lipinski definition) is 3. The van der Waals surface area contributed by atoms with Crippen LogP contribution in [0, 0.1) is 13.8 Å². The van der Waals surface area contributed by atoms with E-state index in [0.717, 1.165) is 29.9 Å². The van der Waals surface area contributed by atoms with Crippen LogP contribution < -0.4 is 11.1 Å². The molecule has 0 radical (unpaired) electrons. The van der Waals surface area contributed by atoms with E-state index in [2.05, 4.69) is 16.5 Å². The van der Waals surface area contributed by atoms with Gasteiger partial charge in [-0.3, -0.25) is 9.48 Å². The maximum absolute atomic E-state index is 11.9. The highest BCUT2D eigenvalue weighted by molar-refractivity contribution is 5.85. The predicted molar refractivity (Wildman–Crippen MR) is 94.6 cm³/mol. The summed E-state index contributed by atoms with van der Waals surface area (Å²) in [5, 5.41) is 7.32. The third kappa shape index (κ3) is 6.04. The number of nitrogens with two attached hydrogens (primary N) is 1. The molecule has 2 aromatic rings. The molecule has 1 atom stereocenters. The minimum absolute atomic E-state index is 0. The van der Waals surface area contributed by atoms with Crippen LogP contribution in [-0.4, -0.2) is 22.2 Å². The summed E-state index contributed by atoms with van der Waals surface area (Å²) in [7, 11) is 0. The van der Waals surface area contributed by atoms with Gasteiger partial charge in [0.2, 0.25) is 5.91 Å². The zero-order chi connectivity index (χ0) is 15.9. The van der Waals surface area contributed by atoms with E-state index in [1.165, 1.54) is 0 Å². The molecule has 2 rings (SSSR count). The zero-order valence-corrected chi connectivity index (χ0v) is 14.5. The van der Waals surface area contributed by atoms with E-state index in [-0.39, 0.29) is 24.4 Å². The second-order valence-electron chi connectivity index (χ2n) is 5.58. The SMILES string of the molecule is Cc1cc(C)n(CCCNC(=O)CC(N)c2ccccc2)n1.Cl. The Morgan fingerprint density at radius 3 is 2.61 bits per heavy atom. The van der Waals surface area contributed by atoms with Crippen molar-refractivity contribution < 1.29 is 4.79 Å². The standard InChI is InChI=1S/C17H24N4O.ClH/c1-13-11-14(2)21(20-13)10-6-9-19-17(22)12-16(18)15-7-4-3-5-8-15;/h3-5,7-8,11,16H,6,9-10,12,18H2,1-2H3,(H,19,22);1H. The largest absolute Gasteiger partial charge is 0.356 e. The van der Waals surface area contributed by atoms with Gasteiger partial charge in [0.1, 0.15) is 0 Å². The maximum atomic E-state index is 11.9. The average molecular weight is 337 g/mol. The van der Waals surface area contributed by atoms with E-state index in [1.54, 1.807) is 0 Å². The topological polar surface area (TPSA) is 72.9 Å². The number of amides is 1. The summed E-state index contributed by atoms with van der Waals surface area (Å²) in [4.78, 5) is 11.9. The van der Waals surface area contributed by atoms with Crippen LogP contribution in [0.5, 0.6) is 0 Å². The summed E-state index contributed by atoms with van der Waals surface area (Å²) in [5.74, 6) is -0.00952. The lowest BCUT2D eigenvalue weighted by molar-refractivity contribution is -0.121. The molecule has 3 N–H and O–H groups in total. The molecular formula is C17H25ClN4O. The predicted octanol–water partition coefficient (Wildman–Crippen LogP) is 2.52. The molecule has 126 valence electrons. The summed E-state index contributed by atoms with van der Waals surface area (Å²) < 4.78 is 1.97. The molecular weight excluding hydrogens is 312 g/mol. The molecule has 5 nitrogen and oxygen atoms in total. The molecule has 0 aliphatic heterocycles. The van der Waals surface area contributed by atoms with E-state index in [4.69, 9.17) is 5.73 Å². The second-order valence-corrected chi connectivity index (χ2v) is 5.58. The summed E-state index contributed by atoms with van der Waals surface area (Å²) in [6.45, 7) is 5.47. The number of aryl methyl sites for hydroxylation is 3. The van der Waals surface area contributed by atoms with Crippen molar-refractivity contribution in [1.82, 2.24) is 15.1 Å². The molecule has 1 aromatic carbocycles. The van der Waals surface area contributed by atoms with E-state index in [0.29, 0.717) is 13.0 Å². The van der Waals surface area contributed by atoms with Crippen LogP contribution in [0.15, 0.2) is 36.4 Å². The maximum Gasteiger partial charge on any atom is 0.221 e. The van der Waals surface area contributed by atoms with Crippen LogP contribution in [0.3, 0.4) is 0 Å². The third-order valence-electron chi connectivity index (χ3n) is 3.61. The van der Waals surface area contributed by atoms with Gasteiger partial charge in [-0.25, -0.2) is 0 Å². The highest BCUT2D eigenvalue weighted by atomic mass is 35.5. The van der Waals surface area contributed by atoms with Crippen LogP contribution in [0.25, 0.3) is 0 Å². The number of carbonyl (C=O) groups is 1. The number of aromatic nitrogens is 2. The van der Waals surface area contributed by atoms with Crippen LogP contribution in [-0.2, 0) is 11.3 Å². The fraction of sp³-hybridized carbons (Fsp3) is 0.412. The van der Waals surface area contributed by atoms with Crippen molar-refractivity contribution in [2.75, 3.05) is 6.54 Å². The van der Waals surface area contributed by atoms with Crippen LogP contribution >= 0.6 is 12.4 Å². The Kier molecular flexibility index (Phi) is 7.78. The molecule has 1 amide bonds. The molecule has 1 heterocycles. The number of benzene rings is 1. The minimum Gasteiger partial charge on any atom is -0.356 e. The van der Waals surface area contributed by atoms with Gasteiger partial charge < -0.3 is 11.1 Å². The number of carbonyl (C=O) groups excluding carboxylic acids is 1. The normalized spacial score (nSPS) is 11.6. The average Bonchev–Trinajstić information content (AvgIpc) is 2.82. The number of rotatable bonds is 7.